The summed E-state index contributed by atoms with van der Waals surface area (Å²) in [5.74, 6) is -1.76. The number of carboxylic acid groups (broad SMARTS) is 1. The zero-order valence-corrected chi connectivity index (χ0v) is 36.3. The van der Waals surface area contributed by atoms with Crippen molar-refractivity contribution in [3.8, 4) is 0 Å². The number of hydrogen-bond acceptors (Lipinski definition) is 7. The van der Waals surface area contributed by atoms with Crippen LogP contribution in [-0.2, 0) is 28.6 Å². The first kappa shape index (κ1) is 52.6. The maximum Gasteiger partial charge on any atom is 0.306 e. The van der Waals surface area contributed by atoms with Gasteiger partial charge in [-0.05, 0) is 64.2 Å². The van der Waals surface area contributed by atoms with Gasteiger partial charge in [-0.25, -0.2) is 0 Å². The molecule has 0 radical (unpaired) electrons. The van der Waals surface area contributed by atoms with E-state index in [9.17, 15) is 19.5 Å². The van der Waals surface area contributed by atoms with Crippen LogP contribution in [0, 0.1) is 0 Å². The fourth-order valence-corrected chi connectivity index (χ4v) is 6.46. The number of carboxylic acids is 1. The van der Waals surface area contributed by atoms with Crippen LogP contribution in [0.25, 0.3) is 0 Å². The Kier molecular flexibility index (Phi) is 36.7. The monoisotopic (exact) mass is 776 g/mol. The summed E-state index contributed by atoms with van der Waals surface area (Å²) in [6.45, 7) is 4.58. The summed E-state index contributed by atoms with van der Waals surface area (Å²) >= 11 is 0. The van der Waals surface area contributed by atoms with Gasteiger partial charge in [-0.15, -0.1) is 0 Å². The minimum absolute atomic E-state index is 0.0346. The number of hydrogen-bond donors (Lipinski definition) is 0. The molecule has 8 nitrogen and oxygen atoms in total. The van der Waals surface area contributed by atoms with Crippen molar-refractivity contribution < 1.29 is 38.2 Å². The quantitative estimate of drug-likeness (QED) is 0.0264. The van der Waals surface area contributed by atoms with E-state index >= 15 is 0 Å². The topological polar surface area (TPSA) is 102 Å². The molecule has 0 aliphatic rings. The van der Waals surface area contributed by atoms with Gasteiger partial charge in [-0.1, -0.05) is 147 Å². The highest BCUT2D eigenvalue weighted by Gasteiger charge is 2.25. The summed E-state index contributed by atoms with van der Waals surface area (Å²) in [6.07, 6.45) is 43.1. The summed E-state index contributed by atoms with van der Waals surface area (Å²) in [7, 11) is 5.40. The Morgan fingerprint density at radius 3 is 1.49 bits per heavy atom. The van der Waals surface area contributed by atoms with Crippen LogP contribution in [0.1, 0.15) is 194 Å². The van der Waals surface area contributed by atoms with Gasteiger partial charge >= 0.3 is 11.9 Å². The second kappa shape index (κ2) is 38.4. The van der Waals surface area contributed by atoms with Gasteiger partial charge in [0.1, 0.15) is 12.6 Å². The molecule has 0 amide bonds. The first-order valence-electron chi connectivity index (χ1n) is 22.5. The number of rotatable bonds is 40. The number of likely N-dealkylation sites (N-methyl/N-ethyl adjacent to an activating group) is 1. The van der Waals surface area contributed by atoms with Gasteiger partial charge in [0, 0.05) is 19.3 Å². The molecule has 0 heterocycles. The summed E-state index contributed by atoms with van der Waals surface area (Å²) in [5, 5.41) is 11.6. The summed E-state index contributed by atoms with van der Waals surface area (Å²) in [6, 6.07) is -0.728. The molecule has 0 aromatic carbocycles. The van der Waals surface area contributed by atoms with Crippen molar-refractivity contribution in [3.05, 3.63) is 36.5 Å². The van der Waals surface area contributed by atoms with Crippen LogP contribution in [0.15, 0.2) is 36.5 Å². The van der Waals surface area contributed by atoms with E-state index in [4.69, 9.17) is 14.2 Å². The average molecular weight is 776 g/mol. The molecule has 0 aliphatic heterocycles. The van der Waals surface area contributed by atoms with Crippen molar-refractivity contribution in [2.45, 2.75) is 206 Å². The SMILES string of the molecule is CCC/C=C\C/C=C\CCCCCCCC(=O)OC(COCCC(C(=O)[O-])[N+](C)(C)C)COC(=O)CCCCCCCCC/C=C\CCCCCCCCC. The highest BCUT2D eigenvalue weighted by atomic mass is 16.6. The molecule has 320 valence electrons. The Hall–Kier alpha value is -2.45. The Labute approximate surface area is 338 Å². The third-order valence-electron chi connectivity index (χ3n) is 9.98. The molecule has 2 unspecified atom stereocenters. The number of allylic oxidation sites excluding steroid dienone is 6. The lowest BCUT2D eigenvalue weighted by Crippen LogP contribution is -2.55. The zero-order valence-electron chi connectivity index (χ0n) is 36.3. The molecule has 0 aromatic rings. The Bertz CT molecular complexity index is 1000. The molecule has 0 aromatic heterocycles. The molecule has 0 rings (SSSR count). The van der Waals surface area contributed by atoms with Crippen LogP contribution in [-0.4, -0.2) is 75.5 Å². The first-order chi connectivity index (χ1) is 26.6. The second-order valence-corrected chi connectivity index (χ2v) is 16.3. The van der Waals surface area contributed by atoms with E-state index in [1.54, 1.807) is 21.1 Å². The molecular formula is C47H85NO7. The van der Waals surface area contributed by atoms with Crippen molar-refractivity contribution >= 4 is 17.9 Å². The van der Waals surface area contributed by atoms with Crippen LogP contribution < -0.4 is 5.11 Å². The van der Waals surface area contributed by atoms with Gasteiger partial charge in [0.05, 0.1) is 40.3 Å². The van der Waals surface area contributed by atoms with Gasteiger partial charge in [0.15, 0.2) is 6.10 Å². The number of carbonyl (C=O) groups excluding carboxylic acids is 3. The molecule has 8 heteroatoms. The minimum atomic E-state index is -1.13. The first-order valence-corrected chi connectivity index (χ1v) is 22.5. The average Bonchev–Trinajstić information content (AvgIpc) is 3.14. The fourth-order valence-electron chi connectivity index (χ4n) is 6.46. The predicted molar refractivity (Wildman–Crippen MR) is 227 cm³/mol. The van der Waals surface area contributed by atoms with Gasteiger partial charge in [-0.2, -0.15) is 0 Å². The Morgan fingerprint density at radius 1 is 0.545 bits per heavy atom. The van der Waals surface area contributed by atoms with Gasteiger partial charge < -0.3 is 28.6 Å². The van der Waals surface area contributed by atoms with E-state index < -0.39 is 18.1 Å². The number of esters is 2. The van der Waals surface area contributed by atoms with Crippen molar-refractivity contribution in [3.63, 3.8) is 0 Å². The molecule has 0 saturated carbocycles. The lowest BCUT2D eigenvalue weighted by atomic mass is 10.1. The second-order valence-electron chi connectivity index (χ2n) is 16.3. The third kappa shape index (κ3) is 36.9. The number of aliphatic carboxylic acids is 1. The highest BCUT2D eigenvalue weighted by molar-refractivity contribution is 5.70. The van der Waals surface area contributed by atoms with E-state index in [0.717, 1.165) is 70.6 Å². The molecule has 0 saturated heterocycles. The van der Waals surface area contributed by atoms with E-state index in [1.165, 1.54) is 89.9 Å². The van der Waals surface area contributed by atoms with Crippen molar-refractivity contribution in [2.24, 2.45) is 0 Å². The largest absolute Gasteiger partial charge is 0.544 e. The van der Waals surface area contributed by atoms with E-state index in [1.807, 2.05) is 0 Å². The molecular weight excluding hydrogens is 691 g/mol. The lowest BCUT2D eigenvalue weighted by molar-refractivity contribution is -0.889. The van der Waals surface area contributed by atoms with Crippen LogP contribution in [0.4, 0.5) is 0 Å². The smallest absolute Gasteiger partial charge is 0.306 e. The lowest BCUT2D eigenvalue weighted by Gasteiger charge is -2.34. The van der Waals surface area contributed by atoms with Crippen LogP contribution in [0.2, 0.25) is 0 Å². The van der Waals surface area contributed by atoms with Crippen LogP contribution in [0.5, 0.6) is 0 Å². The normalized spacial score (nSPS) is 13.3. The number of quaternary nitrogens is 1. The number of ether oxygens (including phenoxy) is 3. The molecule has 55 heavy (non-hydrogen) atoms. The number of unbranched alkanes of at least 4 members (excludes halogenated alkanes) is 20. The van der Waals surface area contributed by atoms with Gasteiger partial charge in [0.25, 0.3) is 0 Å². The van der Waals surface area contributed by atoms with Crippen LogP contribution >= 0.6 is 0 Å². The van der Waals surface area contributed by atoms with E-state index in [-0.39, 0.29) is 42.7 Å². The predicted octanol–water partition coefficient (Wildman–Crippen LogP) is 10.9. The van der Waals surface area contributed by atoms with Crippen molar-refractivity contribution in [1.29, 1.82) is 0 Å². The summed E-state index contributed by atoms with van der Waals surface area (Å²) < 4.78 is 17.2. The minimum Gasteiger partial charge on any atom is -0.544 e. The maximum absolute atomic E-state index is 12.7. The molecule has 0 fully saturated rings. The molecule has 0 spiro atoms. The number of carbonyl (C=O) groups is 3. The Balaban J connectivity index is 4.32. The van der Waals surface area contributed by atoms with Gasteiger partial charge in [-0.3, -0.25) is 9.59 Å². The number of nitrogens with zero attached hydrogens (tertiary/aromatic N) is 1. The third-order valence-corrected chi connectivity index (χ3v) is 9.98. The fraction of sp³-hybridized carbons (Fsp3) is 0.809. The van der Waals surface area contributed by atoms with E-state index in [2.05, 4.69) is 50.3 Å². The highest BCUT2D eigenvalue weighted by Crippen LogP contribution is 2.14. The Morgan fingerprint density at radius 2 is 1.00 bits per heavy atom. The van der Waals surface area contributed by atoms with Crippen LogP contribution in [0.3, 0.4) is 0 Å². The van der Waals surface area contributed by atoms with E-state index in [0.29, 0.717) is 12.8 Å². The molecule has 0 N–H and O–H groups in total. The van der Waals surface area contributed by atoms with Gasteiger partial charge in [0.2, 0.25) is 0 Å². The zero-order chi connectivity index (χ0) is 40.7. The molecule has 0 aliphatic carbocycles. The maximum atomic E-state index is 12.7. The molecule has 2 atom stereocenters. The van der Waals surface area contributed by atoms with Crippen molar-refractivity contribution in [1.82, 2.24) is 0 Å². The molecule has 0 bridgehead atoms. The summed E-state index contributed by atoms with van der Waals surface area (Å²) in [4.78, 5) is 36.8. The summed E-state index contributed by atoms with van der Waals surface area (Å²) in [5.41, 5.74) is 0. The van der Waals surface area contributed by atoms with Crippen molar-refractivity contribution in [2.75, 3.05) is 41.0 Å². The standard InChI is InChI=1S/C47H85NO7/c1-6-8-10-12-14-16-18-20-21-22-23-24-26-27-29-31-33-35-37-45(49)54-42-43(41-53-40-39-44(47(51)52)48(3,4)5)55-46(50)38-36-34-32-30-28-25-19-17-15-13-11-9-7-2/h11,13,17,19,21-22,43-44H,6-10,12,14-16,18,20,23-42H2,1-5H3/b13-11-,19-17-,22-21-.